The van der Waals surface area contributed by atoms with E-state index in [4.69, 9.17) is 9.47 Å². The highest BCUT2D eigenvalue weighted by atomic mass is 16.5. The lowest BCUT2D eigenvalue weighted by Gasteiger charge is -2.15. The lowest BCUT2D eigenvalue weighted by Crippen LogP contribution is -2.31. The van der Waals surface area contributed by atoms with Crippen LogP contribution < -0.4 is 0 Å². The number of Topliss-reactive ketones (excluding diaryl/α,β-unsaturated/α-hetero) is 1. The molecule has 0 atom stereocenters. The summed E-state index contributed by atoms with van der Waals surface area (Å²) in [5, 5.41) is 0. The minimum atomic E-state index is -0.0725. The molecule has 0 heterocycles. The molecular formula is C10H19NO4. The molecule has 0 aliphatic carbocycles. The molecule has 0 aromatic carbocycles. The number of ketones is 1. The van der Waals surface area contributed by atoms with E-state index in [1.54, 1.807) is 11.9 Å². The summed E-state index contributed by atoms with van der Waals surface area (Å²) in [7, 11) is 4.67. The van der Waals surface area contributed by atoms with E-state index in [0.717, 1.165) is 0 Å². The molecule has 0 bridgehead atoms. The van der Waals surface area contributed by atoms with Gasteiger partial charge >= 0.3 is 0 Å². The minimum absolute atomic E-state index is 0.0603. The number of ether oxygens (including phenoxy) is 2. The zero-order chi connectivity index (χ0) is 11.7. The second-order valence-electron chi connectivity index (χ2n) is 3.32. The molecule has 5 heteroatoms. The molecule has 15 heavy (non-hydrogen) atoms. The van der Waals surface area contributed by atoms with Crippen LogP contribution in [-0.4, -0.2) is 57.6 Å². The van der Waals surface area contributed by atoms with Crippen molar-refractivity contribution in [1.29, 1.82) is 0 Å². The van der Waals surface area contributed by atoms with Gasteiger partial charge in [-0.2, -0.15) is 0 Å². The van der Waals surface area contributed by atoms with Gasteiger partial charge in [-0.1, -0.05) is 0 Å². The van der Waals surface area contributed by atoms with Crippen molar-refractivity contribution in [2.24, 2.45) is 0 Å². The zero-order valence-corrected chi connectivity index (χ0v) is 9.62. The average molecular weight is 217 g/mol. The van der Waals surface area contributed by atoms with Crippen LogP contribution in [0.2, 0.25) is 0 Å². The molecule has 0 aromatic heterocycles. The molecule has 0 aliphatic rings. The second-order valence-corrected chi connectivity index (χ2v) is 3.32. The maximum atomic E-state index is 11.2. The summed E-state index contributed by atoms with van der Waals surface area (Å²) in [6.45, 7) is 0.801. The summed E-state index contributed by atoms with van der Waals surface area (Å²) in [4.78, 5) is 23.9. The number of methoxy groups -OCH3 is 2. The first-order valence-corrected chi connectivity index (χ1v) is 4.85. The van der Waals surface area contributed by atoms with Gasteiger partial charge in [-0.15, -0.1) is 0 Å². The van der Waals surface area contributed by atoms with Gasteiger partial charge in [0.05, 0.1) is 0 Å². The Morgan fingerprint density at radius 3 is 2.27 bits per heavy atom. The number of amides is 1. The van der Waals surface area contributed by atoms with Crippen LogP contribution >= 0.6 is 0 Å². The third kappa shape index (κ3) is 7.04. The Labute approximate surface area is 90.3 Å². The Bertz CT molecular complexity index is 206. The predicted molar refractivity (Wildman–Crippen MR) is 55.6 cm³/mol. The number of likely N-dealkylation sites (N-methyl/N-ethyl adjacent to an activating group) is 1. The van der Waals surface area contributed by atoms with Gasteiger partial charge in [-0.05, 0) is 6.42 Å². The molecule has 0 saturated carbocycles. The molecule has 5 nitrogen and oxygen atoms in total. The Morgan fingerprint density at radius 2 is 1.73 bits per heavy atom. The van der Waals surface area contributed by atoms with Crippen molar-refractivity contribution < 1.29 is 19.1 Å². The Kier molecular flexibility index (Phi) is 7.85. The molecular weight excluding hydrogens is 198 g/mol. The molecule has 0 rings (SSSR count). The lowest BCUT2D eigenvalue weighted by atomic mass is 10.2. The summed E-state index contributed by atoms with van der Waals surface area (Å²) in [6.07, 6.45) is 1.10. The van der Waals surface area contributed by atoms with Crippen LogP contribution in [0, 0.1) is 0 Å². The van der Waals surface area contributed by atoms with E-state index in [2.05, 4.69) is 0 Å². The number of rotatable bonds is 8. The summed E-state index contributed by atoms with van der Waals surface area (Å²) in [6, 6.07) is 0. The van der Waals surface area contributed by atoms with Gasteiger partial charge < -0.3 is 14.4 Å². The monoisotopic (exact) mass is 217 g/mol. The van der Waals surface area contributed by atoms with Crippen molar-refractivity contribution in [3.63, 3.8) is 0 Å². The third-order valence-electron chi connectivity index (χ3n) is 1.95. The standard InChI is InChI=1S/C10H19NO4/c1-11(10(13)8-15-3)6-4-5-9(12)7-14-2/h4-8H2,1-3H3. The minimum Gasteiger partial charge on any atom is -0.377 e. The van der Waals surface area contributed by atoms with E-state index in [1.165, 1.54) is 14.2 Å². The maximum Gasteiger partial charge on any atom is 0.248 e. The maximum absolute atomic E-state index is 11.2. The molecule has 0 spiro atoms. The lowest BCUT2D eigenvalue weighted by molar-refractivity contribution is -0.134. The molecule has 88 valence electrons. The van der Waals surface area contributed by atoms with Gasteiger partial charge in [0.1, 0.15) is 13.2 Å². The molecule has 0 fully saturated rings. The highest BCUT2D eigenvalue weighted by molar-refractivity contribution is 5.80. The van der Waals surface area contributed by atoms with Gasteiger partial charge in [0.2, 0.25) is 5.91 Å². The number of hydrogen-bond donors (Lipinski definition) is 0. The molecule has 0 N–H and O–H groups in total. The number of hydrogen-bond acceptors (Lipinski definition) is 4. The Hall–Kier alpha value is -0.940. The van der Waals surface area contributed by atoms with Crippen LogP contribution in [0.3, 0.4) is 0 Å². The number of carbonyl (C=O) groups is 2. The first kappa shape index (κ1) is 14.1. The van der Waals surface area contributed by atoms with Gasteiger partial charge in [0, 0.05) is 34.2 Å². The van der Waals surface area contributed by atoms with Crippen molar-refractivity contribution in [3.05, 3.63) is 0 Å². The van der Waals surface area contributed by atoms with Crippen LogP contribution in [0.1, 0.15) is 12.8 Å². The van der Waals surface area contributed by atoms with E-state index in [0.29, 0.717) is 19.4 Å². The Balaban J connectivity index is 3.58. The zero-order valence-electron chi connectivity index (χ0n) is 9.62. The van der Waals surface area contributed by atoms with Crippen LogP contribution in [0.25, 0.3) is 0 Å². The normalized spacial score (nSPS) is 10.1. The van der Waals surface area contributed by atoms with Crippen LogP contribution in [0.15, 0.2) is 0 Å². The first-order chi connectivity index (χ1) is 7.11. The SMILES string of the molecule is COCC(=O)CCCN(C)C(=O)COC. The second kappa shape index (κ2) is 8.38. The topological polar surface area (TPSA) is 55.8 Å². The average Bonchev–Trinajstić information content (AvgIpc) is 2.18. The van der Waals surface area contributed by atoms with Gasteiger partial charge in [-0.25, -0.2) is 0 Å². The van der Waals surface area contributed by atoms with Crippen molar-refractivity contribution >= 4 is 11.7 Å². The molecule has 0 radical (unpaired) electrons. The summed E-state index contributed by atoms with van der Waals surface area (Å²) in [5.74, 6) is -0.0122. The fourth-order valence-corrected chi connectivity index (χ4v) is 1.10. The highest BCUT2D eigenvalue weighted by Gasteiger charge is 2.08. The quantitative estimate of drug-likeness (QED) is 0.578. The van der Waals surface area contributed by atoms with Crippen molar-refractivity contribution in [2.45, 2.75) is 12.8 Å². The molecule has 0 aromatic rings. The summed E-state index contributed by atoms with van der Waals surface area (Å²) < 4.78 is 9.41. The van der Waals surface area contributed by atoms with E-state index in [9.17, 15) is 9.59 Å². The van der Waals surface area contributed by atoms with Gasteiger partial charge in [0.25, 0.3) is 0 Å². The van der Waals surface area contributed by atoms with Crippen LogP contribution in [0.5, 0.6) is 0 Å². The molecule has 0 aliphatic heterocycles. The first-order valence-electron chi connectivity index (χ1n) is 4.85. The molecule has 0 unspecified atom stereocenters. The van der Waals surface area contributed by atoms with Crippen molar-refractivity contribution in [1.82, 2.24) is 4.90 Å². The summed E-state index contributed by atoms with van der Waals surface area (Å²) >= 11 is 0. The van der Waals surface area contributed by atoms with E-state index in [1.807, 2.05) is 0 Å². The van der Waals surface area contributed by atoms with E-state index < -0.39 is 0 Å². The number of nitrogens with zero attached hydrogens (tertiary/aromatic N) is 1. The van der Waals surface area contributed by atoms with Crippen molar-refractivity contribution in [3.8, 4) is 0 Å². The van der Waals surface area contributed by atoms with Gasteiger partial charge in [0.15, 0.2) is 5.78 Å². The van der Waals surface area contributed by atoms with E-state index >= 15 is 0 Å². The number of carbonyl (C=O) groups excluding carboxylic acids is 2. The van der Waals surface area contributed by atoms with Crippen molar-refractivity contribution in [2.75, 3.05) is 41.0 Å². The van der Waals surface area contributed by atoms with Crippen LogP contribution in [-0.2, 0) is 19.1 Å². The fourth-order valence-electron chi connectivity index (χ4n) is 1.10. The predicted octanol–water partition coefficient (Wildman–Crippen LogP) is 0.0869. The van der Waals surface area contributed by atoms with Crippen LogP contribution in [0.4, 0.5) is 0 Å². The van der Waals surface area contributed by atoms with Gasteiger partial charge in [-0.3, -0.25) is 9.59 Å². The fraction of sp³-hybridized carbons (Fsp3) is 0.800. The highest BCUT2D eigenvalue weighted by Crippen LogP contribution is 1.95. The van der Waals surface area contributed by atoms with E-state index in [-0.39, 0.29) is 24.9 Å². The third-order valence-corrected chi connectivity index (χ3v) is 1.95. The summed E-state index contributed by atoms with van der Waals surface area (Å²) in [5.41, 5.74) is 0. The Morgan fingerprint density at radius 1 is 1.13 bits per heavy atom. The largest absolute Gasteiger partial charge is 0.377 e. The molecule has 1 amide bonds. The molecule has 0 saturated heterocycles. The smallest absolute Gasteiger partial charge is 0.248 e.